The number of amides is 2. The third kappa shape index (κ3) is 6.82. The van der Waals surface area contributed by atoms with Gasteiger partial charge in [0.25, 0.3) is 0 Å². The van der Waals surface area contributed by atoms with Crippen LogP contribution >= 0.6 is 0 Å². The second-order valence-corrected chi connectivity index (χ2v) is 7.51. The molecule has 2 amide bonds. The van der Waals surface area contributed by atoms with E-state index in [1.165, 1.54) is 12.1 Å². The molecule has 0 saturated carbocycles. The second kappa shape index (κ2) is 7.55. The van der Waals surface area contributed by atoms with Crippen molar-refractivity contribution < 1.29 is 29.0 Å². The van der Waals surface area contributed by atoms with Gasteiger partial charge < -0.3 is 14.6 Å². The fourth-order valence-corrected chi connectivity index (χ4v) is 1.87. The molecule has 0 spiro atoms. The number of carbonyl (C=O) groups excluding carboxylic acids is 2. The van der Waals surface area contributed by atoms with Crippen LogP contribution in [-0.2, 0) is 16.0 Å². The standard InChI is InChI=1S/C18H25NO6/c1-17(2,3)24-15(22)19(16(23)25-18(4,5)6)11-12-9-7-8-10-13(12)14(20)21/h7-10H,11H2,1-6H3,(H,20,21). The maximum atomic E-state index is 12.4. The van der Waals surface area contributed by atoms with Crippen molar-refractivity contribution in [2.75, 3.05) is 0 Å². The topological polar surface area (TPSA) is 93.1 Å². The van der Waals surface area contributed by atoms with Crippen LogP contribution in [0.5, 0.6) is 0 Å². The van der Waals surface area contributed by atoms with Gasteiger partial charge in [0.05, 0.1) is 12.1 Å². The number of imide groups is 1. The van der Waals surface area contributed by atoms with Crippen LogP contribution in [0.1, 0.15) is 57.5 Å². The van der Waals surface area contributed by atoms with E-state index in [0.717, 1.165) is 4.90 Å². The molecule has 0 radical (unpaired) electrons. The Morgan fingerprint density at radius 2 is 1.36 bits per heavy atom. The first kappa shape index (κ1) is 20.5. The molecule has 1 aromatic carbocycles. The van der Waals surface area contributed by atoms with Gasteiger partial charge in [-0.25, -0.2) is 19.3 Å². The third-order valence-electron chi connectivity index (χ3n) is 2.80. The highest BCUT2D eigenvalue weighted by atomic mass is 16.6. The number of hydrogen-bond acceptors (Lipinski definition) is 5. The van der Waals surface area contributed by atoms with Gasteiger partial charge in [-0.05, 0) is 53.2 Å². The predicted molar refractivity (Wildman–Crippen MR) is 91.4 cm³/mol. The van der Waals surface area contributed by atoms with Crippen molar-refractivity contribution in [3.63, 3.8) is 0 Å². The summed E-state index contributed by atoms with van der Waals surface area (Å²) in [7, 11) is 0. The zero-order valence-electron chi connectivity index (χ0n) is 15.5. The van der Waals surface area contributed by atoms with Crippen molar-refractivity contribution in [3.8, 4) is 0 Å². The molecule has 1 N–H and O–H groups in total. The zero-order chi connectivity index (χ0) is 19.4. The fraction of sp³-hybridized carbons (Fsp3) is 0.500. The molecule has 0 aromatic heterocycles. The van der Waals surface area contributed by atoms with E-state index in [4.69, 9.17) is 9.47 Å². The maximum absolute atomic E-state index is 12.4. The summed E-state index contributed by atoms with van der Waals surface area (Å²) < 4.78 is 10.5. The molecule has 0 aliphatic heterocycles. The van der Waals surface area contributed by atoms with Gasteiger partial charge in [0.15, 0.2) is 0 Å². The van der Waals surface area contributed by atoms with Crippen molar-refractivity contribution in [2.45, 2.75) is 59.3 Å². The summed E-state index contributed by atoms with van der Waals surface area (Å²) in [4.78, 5) is 37.0. The highest BCUT2D eigenvalue weighted by Gasteiger charge is 2.32. The van der Waals surface area contributed by atoms with Crippen LogP contribution < -0.4 is 0 Å². The average Bonchev–Trinajstić information content (AvgIpc) is 2.40. The van der Waals surface area contributed by atoms with Crippen LogP contribution in [0.2, 0.25) is 0 Å². The molecule has 0 fully saturated rings. The Bertz CT molecular complexity index is 626. The first-order valence-corrected chi connectivity index (χ1v) is 7.85. The number of nitrogens with zero attached hydrogens (tertiary/aromatic N) is 1. The van der Waals surface area contributed by atoms with E-state index in [0.29, 0.717) is 5.56 Å². The lowest BCUT2D eigenvalue weighted by molar-refractivity contribution is -0.000428. The normalized spacial score (nSPS) is 11.6. The van der Waals surface area contributed by atoms with Gasteiger partial charge >= 0.3 is 18.2 Å². The number of carbonyl (C=O) groups is 3. The monoisotopic (exact) mass is 351 g/mol. The molecule has 7 nitrogen and oxygen atoms in total. The summed E-state index contributed by atoms with van der Waals surface area (Å²) in [5, 5.41) is 9.28. The van der Waals surface area contributed by atoms with E-state index < -0.39 is 29.4 Å². The smallest absolute Gasteiger partial charge is 0.420 e. The van der Waals surface area contributed by atoms with Crippen molar-refractivity contribution in [2.24, 2.45) is 0 Å². The SMILES string of the molecule is CC(C)(C)OC(=O)N(Cc1ccccc1C(=O)O)C(=O)OC(C)(C)C. The van der Waals surface area contributed by atoms with E-state index in [2.05, 4.69) is 0 Å². The molecule has 0 unspecified atom stereocenters. The Morgan fingerprint density at radius 3 is 1.76 bits per heavy atom. The minimum Gasteiger partial charge on any atom is -0.478 e. The lowest BCUT2D eigenvalue weighted by Gasteiger charge is -2.28. The summed E-state index contributed by atoms with van der Waals surface area (Å²) in [5.74, 6) is -1.15. The summed E-state index contributed by atoms with van der Waals surface area (Å²) in [6.07, 6.45) is -1.80. The quantitative estimate of drug-likeness (QED) is 0.883. The van der Waals surface area contributed by atoms with E-state index in [-0.39, 0.29) is 12.1 Å². The Labute approximate surface area is 147 Å². The number of rotatable bonds is 3. The highest BCUT2D eigenvalue weighted by molar-refractivity contribution is 5.91. The van der Waals surface area contributed by atoms with Crippen LogP contribution in [0.25, 0.3) is 0 Å². The Hall–Kier alpha value is -2.57. The molecule has 1 aromatic rings. The molecular weight excluding hydrogens is 326 g/mol. The summed E-state index contributed by atoms with van der Waals surface area (Å²) >= 11 is 0. The minimum absolute atomic E-state index is 0.000354. The molecule has 0 heterocycles. The largest absolute Gasteiger partial charge is 0.478 e. The van der Waals surface area contributed by atoms with Gasteiger partial charge in [0.1, 0.15) is 11.2 Å². The maximum Gasteiger partial charge on any atom is 0.420 e. The Kier molecular flexibility index (Phi) is 6.18. The number of hydrogen-bond donors (Lipinski definition) is 1. The van der Waals surface area contributed by atoms with Gasteiger partial charge in [-0.1, -0.05) is 18.2 Å². The molecule has 25 heavy (non-hydrogen) atoms. The number of aromatic carboxylic acids is 1. The summed E-state index contributed by atoms with van der Waals surface area (Å²) in [6.45, 7) is 9.75. The molecule has 7 heteroatoms. The van der Waals surface area contributed by atoms with Crippen LogP contribution in [0.15, 0.2) is 24.3 Å². The first-order valence-electron chi connectivity index (χ1n) is 7.85. The molecule has 1 rings (SSSR count). The molecule has 0 aliphatic rings. The lowest BCUT2D eigenvalue weighted by atomic mass is 10.1. The lowest BCUT2D eigenvalue weighted by Crippen LogP contribution is -2.43. The van der Waals surface area contributed by atoms with Crippen molar-refractivity contribution in [3.05, 3.63) is 35.4 Å². The van der Waals surface area contributed by atoms with Crippen molar-refractivity contribution >= 4 is 18.2 Å². The van der Waals surface area contributed by atoms with E-state index in [9.17, 15) is 19.5 Å². The number of benzene rings is 1. The summed E-state index contributed by atoms with van der Waals surface area (Å²) in [5.41, 5.74) is -1.33. The van der Waals surface area contributed by atoms with Crippen LogP contribution in [-0.4, -0.2) is 39.4 Å². The molecule has 0 aliphatic carbocycles. The van der Waals surface area contributed by atoms with Crippen molar-refractivity contribution in [1.29, 1.82) is 0 Å². The zero-order valence-corrected chi connectivity index (χ0v) is 15.5. The van der Waals surface area contributed by atoms with E-state index in [1.807, 2.05) is 0 Å². The van der Waals surface area contributed by atoms with Gasteiger partial charge in [-0.15, -0.1) is 0 Å². The third-order valence-corrected chi connectivity index (χ3v) is 2.80. The van der Waals surface area contributed by atoms with Crippen LogP contribution in [0.4, 0.5) is 9.59 Å². The van der Waals surface area contributed by atoms with Gasteiger partial charge in [-0.3, -0.25) is 0 Å². The van der Waals surface area contributed by atoms with Crippen LogP contribution in [0, 0.1) is 0 Å². The molecule has 138 valence electrons. The molecular formula is C18H25NO6. The van der Waals surface area contributed by atoms with E-state index in [1.54, 1.807) is 53.7 Å². The Morgan fingerprint density at radius 1 is 0.920 bits per heavy atom. The minimum atomic E-state index is -1.15. The molecule has 0 atom stereocenters. The highest BCUT2D eigenvalue weighted by Crippen LogP contribution is 2.19. The Balaban J connectivity index is 3.17. The second-order valence-electron chi connectivity index (χ2n) is 7.51. The predicted octanol–water partition coefficient (Wildman–Crippen LogP) is 4.06. The molecule has 0 saturated heterocycles. The number of carboxylic acid groups (broad SMARTS) is 1. The van der Waals surface area contributed by atoms with Crippen molar-refractivity contribution in [1.82, 2.24) is 4.90 Å². The fourth-order valence-electron chi connectivity index (χ4n) is 1.87. The van der Waals surface area contributed by atoms with Gasteiger partial charge in [0, 0.05) is 0 Å². The molecule has 0 bridgehead atoms. The van der Waals surface area contributed by atoms with Crippen LogP contribution in [0.3, 0.4) is 0 Å². The van der Waals surface area contributed by atoms with E-state index >= 15 is 0 Å². The summed E-state index contributed by atoms with van der Waals surface area (Å²) in [6, 6.07) is 6.13. The number of carboxylic acids is 1. The number of ether oxygens (including phenoxy) is 2. The average molecular weight is 351 g/mol. The first-order chi connectivity index (χ1) is 11.3. The van der Waals surface area contributed by atoms with Gasteiger partial charge in [-0.2, -0.15) is 0 Å². The van der Waals surface area contributed by atoms with Gasteiger partial charge in [0.2, 0.25) is 0 Å².